The predicted octanol–water partition coefficient (Wildman–Crippen LogP) is 3.95. The second kappa shape index (κ2) is 11.4. The monoisotopic (exact) mass is 472 g/mol. The summed E-state index contributed by atoms with van der Waals surface area (Å²) >= 11 is 0. The fourth-order valence-corrected chi connectivity index (χ4v) is 3.95. The molecule has 3 aromatic carbocycles. The van der Waals surface area contributed by atoms with Gasteiger partial charge in [0.15, 0.2) is 0 Å². The highest BCUT2D eigenvalue weighted by Gasteiger charge is 2.18. The molecule has 0 spiro atoms. The van der Waals surface area contributed by atoms with Crippen LogP contribution in [-0.2, 0) is 27.9 Å². The average Bonchev–Trinajstić information content (AvgIpc) is 2.81. The lowest BCUT2D eigenvalue weighted by molar-refractivity contribution is 0.146. The molecule has 0 fully saturated rings. The minimum atomic E-state index is -4.12. The van der Waals surface area contributed by atoms with Gasteiger partial charge in [-0.1, -0.05) is 42.5 Å². The molecule has 7 nitrogen and oxygen atoms in total. The van der Waals surface area contributed by atoms with E-state index in [-0.39, 0.29) is 23.2 Å². The van der Waals surface area contributed by atoms with Crippen LogP contribution >= 0.6 is 0 Å². The summed E-state index contributed by atoms with van der Waals surface area (Å²) in [5, 5.41) is 2.88. The van der Waals surface area contributed by atoms with Gasteiger partial charge in [0, 0.05) is 26.7 Å². The van der Waals surface area contributed by atoms with Crippen LogP contribution in [0, 0.1) is 5.82 Å². The molecule has 0 radical (unpaired) electrons. The quantitative estimate of drug-likeness (QED) is 0.452. The first-order valence-corrected chi connectivity index (χ1v) is 11.6. The lowest BCUT2D eigenvalue weighted by Gasteiger charge is -2.23. The van der Waals surface area contributed by atoms with Crippen molar-refractivity contribution >= 4 is 16.1 Å². The van der Waals surface area contributed by atoms with Gasteiger partial charge in [-0.2, -0.15) is 8.42 Å². The summed E-state index contributed by atoms with van der Waals surface area (Å²) in [5.41, 5.74) is 1.65. The summed E-state index contributed by atoms with van der Waals surface area (Å²) in [6.07, 6.45) is 0. The highest BCUT2D eigenvalue weighted by Crippen LogP contribution is 2.21. The van der Waals surface area contributed by atoms with Crippen LogP contribution in [0.25, 0.3) is 0 Å². The molecule has 33 heavy (non-hydrogen) atoms. The van der Waals surface area contributed by atoms with Crippen LogP contribution in [0.4, 0.5) is 9.18 Å². The maximum Gasteiger partial charge on any atom is 0.339 e. The van der Waals surface area contributed by atoms with Gasteiger partial charge >= 0.3 is 16.1 Å². The zero-order valence-corrected chi connectivity index (χ0v) is 18.9. The summed E-state index contributed by atoms with van der Waals surface area (Å²) in [7, 11) is -2.57. The Bertz CT molecular complexity index is 1150. The van der Waals surface area contributed by atoms with E-state index in [0.717, 1.165) is 29.8 Å². The summed E-state index contributed by atoms with van der Waals surface area (Å²) in [5.74, 6) is -0.453. The molecule has 1 N–H and O–H groups in total. The first kappa shape index (κ1) is 24.2. The fraction of sp³-hybridized carbons (Fsp3) is 0.208. The molecule has 0 unspecified atom stereocenters. The summed E-state index contributed by atoms with van der Waals surface area (Å²) in [6.45, 7) is 1.28. The van der Waals surface area contributed by atoms with Crippen molar-refractivity contribution in [2.45, 2.75) is 18.0 Å². The number of nitrogens with one attached hydrogen (secondary N) is 1. The number of rotatable bonds is 10. The maximum absolute atomic E-state index is 13.1. The van der Waals surface area contributed by atoms with Crippen LogP contribution in [0.5, 0.6) is 5.75 Å². The van der Waals surface area contributed by atoms with Gasteiger partial charge in [-0.25, -0.2) is 9.18 Å². The molecule has 174 valence electrons. The predicted molar refractivity (Wildman–Crippen MR) is 122 cm³/mol. The van der Waals surface area contributed by atoms with Crippen LogP contribution in [0.2, 0.25) is 0 Å². The number of hydrogen-bond donors (Lipinski definition) is 1. The number of methoxy groups -OCH3 is 1. The van der Waals surface area contributed by atoms with E-state index in [9.17, 15) is 17.6 Å². The molecule has 0 atom stereocenters. The third-order valence-electron chi connectivity index (χ3n) is 4.72. The number of amides is 2. The molecule has 0 aliphatic heterocycles. The largest absolute Gasteiger partial charge is 0.383 e. The van der Waals surface area contributed by atoms with Crippen LogP contribution < -0.4 is 9.50 Å². The van der Waals surface area contributed by atoms with Crippen LogP contribution in [0.15, 0.2) is 83.8 Å². The Balaban J connectivity index is 1.69. The highest BCUT2D eigenvalue weighted by molar-refractivity contribution is 7.87. The van der Waals surface area contributed by atoms with Crippen molar-refractivity contribution in [3.63, 3.8) is 0 Å². The van der Waals surface area contributed by atoms with Crippen LogP contribution in [-0.4, -0.2) is 39.6 Å². The summed E-state index contributed by atoms with van der Waals surface area (Å²) in [6, 6.07) is 20.1. The minimum Gasteiger partial charge on any atom is -0.383 e. The standard InChI is InChI=1S/C24H25FN2O5S/c1-31-15-14-27(24(28)26-17-19-6-3-2-4-7-19)18-20-8-5-9-22(16-20)32-33(29,30)23-12-10-21(25)11-13-23/h2-13,16H,14-15,17-18H2,1H3,(H,26,28). The highest BCUT2D eigenvalue weighted by atomic mass is 32.2. The van der Waals surface area contributed by atoms with Gasteiger partial charge in [-0.3, -0.25) is 0 Å². The third-order valence-corrected chi connectivity index (χ3v) is 5.98. The van der Waals surface area contributed by atoms with Crippen molar-refractivity contribution in [2.75, 3.05) is 20.3 Å². The van der Waals surface area contributed by atoms with Gasteiger partial charge in [-0.15, -0.1) is 0 Å². The zero-order valence-electron chi connectivity index (χ0n) is 18.1. The molecule has 0 saturated heterocycles. The summed E-state index contributed by atoms with van der Waals surface area (Å²) < 4.78 is 48.4. The number of urea groups is 1. The van der Waals surface area contributed by atoms with Crippen molar-refractivity contribution in [1.29, 1.82) is 0 Å². The first-order valence-electron chi connectivity index (χ1n) is 10.2. The topological polar surface area (TPSA) is 84.9 Å². The van der Waals surface area contributed by atoms with E-state index in [2.05, 4.69) is 5.32 Å². The molecule has 0 heterocycles. The van der Waals surface area contributed by atoms with Crippen molar-refractivity contribution in [3.05, 3.63) is 95.8 Å². The van der Waals surface area contributed by atoms with Crippen molar-refractivity contribution < 1.29 is 26.5 Å². The number of hydrogen-bond acceptors (Lipinski definition) is 5. The number of ether oxygens (including phenoxy) is 1. The van der Waals surface area contributed by atoms with Crippen molar-refractivity contribution in [2.24, 2.45) is 0 Å². The molecular weight excluding hydrogens is 447 g/mol. The molecule has 0 bridgehead atoms. The minimum absolute atomic E-state index is 0.0909. The van der Waals surface area contributed by atoms with Crippen molar-refractivity contribution in [3.8, 4) is 5.75 Å². The van der Waals surface area contributed by atoms with Gasteiger partial charge in [0.2, 0.25) is 0 Å². The van der Waals surface area contributed by atoms with Gasteiger partial charge in [0.1, 0.15) is 16.5 Å². The second-order valence-electron chi connectivity index (χ2n) is 7.20. The Kier molecular flexibility index (Phi) is 8.39. The number of carbonyl (C=O) groups is 1. The number of halogens is 1. The first-order chi connectivity index (χ1) is 15.9. The molecule has 9 heteroatoms. The van der Waals surface area contributed by atoms with Gasteiger partial charge in [0.25, 0.3) is 0 Å². The SMILES string of the molecule is COCCN(Cc1cccc(OS(=O)(=O)c2ccc(F)cc2)c1)C(=O)NCc1ccccc1. The van der Waals surface area contributed by atoms with E-state index in [1.54, 1.807) is 30.2 Å². The van der Waals surface area contributed by atoms with Gasteiger partial charge in [0.05, 0.1) is 6.61 Å². The Morgan fingerprint density at radius 1 is 0.970 bits per heavy atom. The molecule has 3 aromatic rings. The molecule has 3 rings (SSSR count). The lowest BCUT2D eigenvalue weighted by atomic mass is 10.2. The van der Waals surface area contributed by atoms with E-state index in [1.807, 2.05) is 30.3 Å². The number of benzene rings is 3. The van der Waals surface area contributed by atoms with E-state index >= 15 is 0 Å². The van der Waals surface area contributed by atoms with Gasteiger partial charge in [-0.05, 0) is 47.5 Å². The molecule has 0 saturated carbocycles. The van der Waals surface area contributed by atoms with Crippen LogP contribution in [0.1, 0.15) is 11.1 Å². The number of carbonyl (C=O) groups excluding carboxylic acids is 1. The Morgan fingerprint density at radius 3 is 2.36 bits per heavy atom. The molecule has 2 amide bonds. The van der Waals surface area contributed by atoms with E-state index in [1.165, 1.54) is 6.07 Å². The van der Waals surface area contributed by atoms with E-state index in [4.69, 9.17) is 8.92 Å². The van der Waals surface area contributed by atoms with Crippen LogP contribution in [0.3, 0.4) is 0 Å². The average molecular weight is 473 g/mol. The Hall–Kier alpha value is -3.43. The molecule has 0 aliphatic carbocycles. The molecular formula is C24H25FN2O5S. The Labute approximate surface area is 192 Å². The molecule has 0 aliphatic rings. The third kappa shape index (κ3) is 7.30. The number of nitrogens with zero attached hydrogens (tertiary/aromatic N) is 1. The van der Waals surface area contributed by atoms with Crippen molar-refractivity contribution in [1.82, 2.24) is 10.2 Å². The van der Waals surface area contributed by atoms with E-state index in [0.29, 0.717) is 25.3 Å². The summed E-state index contributed by atoms with van der Waals surface area (Å²) in [4.78, 5) is 14.2. The second-order valence-corrected chi connectivity index (χ2v) is 8.74. The molecule has 0 aromatic heterocycles. The lowest BCUT2D eigenvalue weighted by Crippen LogP contribution is -2.40. The van der Waals surface area contributed by atoms with Gasteiger partial charge < -0.3 is 19.1 Å². The smallest absolute Gasteiger partial charge is 0.339 e. The van der Waals surface area contributed by atoms with E-state index < -0.39 is 15.9 Å². The maximum atomic E-state index is 13.1. The normalized spacial score (nSPS) is 11.1. The fourth-order valence-electron chi connectivity index (χ4n) is 3.03. The zero-order chi connectivity index (χ0) is 23.7. The Morgan fingerprint density at radius 2 is 1.67 bits per heavy atom.